The molecule has 3 nitrogen and oxygen atoms in total. The molecule has 2 rings (SSSR count). The lowest BCUT2D eigenvalue weighted by atomic mass is 10.1. The highest BCUT2D eigenvalue weighted by molar-refractivity contribution is 5.35. The summed E-state index contributed by atoms with van der Waals surface area (Å²) in [7, 11) is 0. The molecular weight excluding hydrogens is 245 g/mol. The summed E-state index contributed by atoms with van der Waals surface area (Å²) in [4.78, 5) is 4.18. The summed E-state index contributed by atoms with van der Waals surface area (Å²) in [6.45, 7) is 2.01. The maximum absolute atomic E-state index is 13.2. The van der Waals surface area contributed by atoms with Gasteiger partial charge in [-0.2, -0.15) is 0 Å². The third-order valence-electron chi connectivity index (χ3n) is 2.77. The van der Waals surface area contributed by atoms with Crippen LogP contribution in [0.3, 0.4) is 0 Å². The van der Waals surface area contributed by atoms with E-state index >= 15 is 0 Å². The molecule has 4 heteroatoms. The van der Waals surface area contributed by atoms with Crippen molar-refractivity contribution in [1.29, 1.82) is 0 Å². The van der Waals surface area contributed by atoms with E-state index < -0.39 is 6.10 Å². The summed E-state index contributed by atoms with van der Waals surface area (Å²) in [6.07, 6.45) is 1.67. The Morgan fingerprint density at radius 2 is 2.16 bits per heavy atom. The molecule has 0 saturated heterocycles. The van der Waals surface area contributed by atoms with E-state index in [0.717, 1.165) is 5.69 Å². The summed E-state index contributed by atoms with van der Waals surface area (Å²) in [5.74, 6) is 0.00293. The summed E-state index contributed by atoms with van der Waals surface area (Å²) in [5, 5.41) is 9.60. The van der Waals surface area contributed by atoms with E-state index in [9.17, 15) is 9.50 Å². The maximum atomic E-state index is 13.2. The molecule has 0 fully saturated rings. The largest absolute Gasteiger partial charge is 0.493 e. The first-order chi connectivity index (χ1) is 9.16. The molecule has 2 aromatic rings. The number of halogens is 1. The minimum atomic E-state index is -0.689. The first kappa shape index (κ1) is 13.5. The Morgan fingerprint density at radius 3 is 2.84 bits per heavy atom. The van der Waals surface area contributed by atoms with Crippen molar-refractivity contribution in [2.45, 2.75) is 19.4 Å². The Morgan fingerprint density at radius 1 is 1.32 bits per heavy atom. The third kappa shape index (κ3) is 3.76. The van der Waals surface area contributed by atoms with Gasteiger partial charge in [-0.05, 0) is 31.2 Å². The van der Waals surface area contributed by atoms with Crippen molar-refractivity contribution in [3.05, 3.63) is 59.7 Å². The fraction of sp³-hybridized carbons (Fsp3) is 0.267. The molecule has 100 valence electrons. The van der Waals surface area contributed by atoms with E-state index in [2.05, 4.69) is 4.98 Å². The van der Waals surface area contributed by atoms with Gasteiger partial charge in [-0.3, -0.25) is 4.98 Å². The van der Waals surface area contributed by atoms with Gasteiger partial charge in [0.25, 0.3) is 0 Å². The number of aliphatic hydroxyl groups is 1. The molecule has 0 saturated carbocycles. The molecule has 0 aliphatic heterocycles. The second-order valence-electron chi connectivity index (χ2n) is 4.28. The lowest BCUT2D eigenvalue weighted by Crippen LogP contribution is -2.06. The van der Waals surface area contributed by atoms with Crippen LogP contribution in [0.1, 0.15) is 24.3 Å². The van der Waals surface area contributed by atoms with E-state index in [4.69, 9.17) is 4.74 Å². The van der Waals surface area contributed by atoms with Crippen molar-refractivity contribution in [3.8, 4) is 5.75 Å². The van der Waals surface area contributed by atoms with Gasteiger partial charge in [-0.15, -0.1) is 0 Å². The quantitative estimate of drug-likeness (QED) is 0.899. The maximum Gasteiger partial charge on any atom is 0.128 e. The van der Waals surface area contributed by atoms with Crippen molar-refractivity contribution in [3.63, 3.8) is 0 Å². The van der Waals surface area contributed by atoms with Gasteiger partial charge in [-0.25, -0.2) is 4.39 Å². The molecule has 0 radical (unpaired) electrons. The monoisotopic (exact) mass is 261 g/mol. The summed E-state index contributed by atoms with van der Waals surface area (Å²) >= 11 is 0. The molecule has 0 amide bonds. The van der Waals surface area contributed by atoms with Gasteiger partial charge in [0.1, 0.15) is 11.6 Å². The lowest BCUT2D eigenvalue weighted by molar-refractivity contribution is 0.191. The summed E-state index contributed by atoms with van der Waals surface area (Å²) in [6, 6.07) is 9.81. The SMILES string of the molecule is C[C@H](O)c1ccc(F)cc1OCCc1ccccn1. The van der Waals surface area contributed by atoms with Gasteiger partial charge in [0.2, 0.25) is 0 Å². The van der Waals surface area contributed by atoms with Gasteiger partial charge >= 0.3 is 0 Å². The van der Waals surface area contributed by atoms with Gasteiger partial charge in [0, 0.05) is 29.9 Å². The molecule has 1 atom stereocenters. The zero-order chi connectivity index (χ0) is 13.7. The lowest BCUT2D eigenvalue weighted by Gasteiger charge is -2.13. The van der Waals surface area contributed by atoms with Gasteiger partial charge < -0.3 is 9.84 Å². The third-order valence-corrected chi connectivity index (χ3v) is 2.77. The smallest absolute Gasteiger partial charge is 0.128 e. The number of nitrogens with zero attached hydrogens (tertiary/aromatic N) is 1. The van der Waals surface area contributed by atoms with Crippen LogP contribution in [0.2, 0.25) is 0 Å². The van der Waals surface area contributed by atoms with E-state index in [-0.39, 0.29) is 5.82 Å². The Labute approximate surface area is 111 Å². The van der Waals surface area contributed by atoms with E-state index in [1.54, 1.807) is 13.1 Å². The molecule has 0 aliphatic carbocycles. The second-order valence-corrected chi connectivity index (χ2v) is 4.28. The van der Waals surface area contributed by atoms with E-state index in [1.165, 1.54) is 18.2 Å². The van der Waals surface area contributed by atoms with E-state index in [0.29, 0.717) is 24.3 Å². The van der Waals surface area contributed by atoms with Crippen LogP contribution in [0.15, 0.2) is 42.6 Å². The molecule has 0 bridgehead atoms. The second kappa shape index (κ2) is 6.29. The summed E-state index contributed by atoms with van der Waals surface area (Å²) < 4.78 is 18.7. The van der Waals surface area contributed by atoms with Crippen LogP contribution < -0.4 is 4.74 Å². The van der Waals surface area contributed by atoms with Crippen LogP contribution >= 0.6 is 0 Å². The minimum Gasteiger partial charge on any atom is -0.493 e. The standard InChI is InChI=1S/C15H16FNO2/c1-11(18)14-6-5-12(16)10-15(14)19-9-7-13-4-2-3-8-17-13/h2-6,8,10-11,18H,7,9H2,1H3/t11-/m0/s1. The molecule has 0 unspecified atom stereocenters. The first-order valence-electron chi connectivity index (χ1n) is 6.17. The Balaban J connectivity index is 2.01. The number of pyridine rings is 1. The molecule has 1 aromatic heterocycles. The predicted molar refractivity (Wildman–Crippen MR) is 70.5 cm³/mol. The molecule has 1 heterocycles. The van der Waals surface area contributed by atoms with Crippen molar-refractivity contribution in [1.82, 2.24) is 4.98 Å². The van der Waals surface area contributed by atoms with E-state index in [1.807, 2.05) is 18.2 Å². The number of aromatic nitrogens is 1. The summed E-state index contributed by atoms with van der Waals surface area (Å²) in [5.41, 5.74) is 1.50. The molecular formula is C15H16FNO2. The number of hydrogen-bond acceptors (Lipinski definition) is 3. The topological polar surface area (TPSA) is 42.4 Å². The van der Waals surface area contributed by atoms with Gasteiger partial charge in [0.15, 0.2) is 0 Å². The van der Waals surface area contributed by atoms with Crippen LogP contribution in [0.5, 0.6) is 5.75 Å². The van der Waals surface area contributed by atoms with Crippen LogP contribution in [0.4, 0.5) is 4.39 Å². The highest BCUT2D eigenvalue weighted by atomic mass is 19.1. The normalized spacial score (nSPS) is 12.2. The number of hydrogen-bond donors (Lipinski definition) is 1. The van der Waals surface area contributed by atoms with Crippen LogP contribution in [-0.2, 0) is 6.42 Å². The number of benzene rings is 1. The van der Waals surface area contributed by atoms with Crippen LogP contribution in [-0.4, -0.2) is 16.7 Å². The fourth-order valence-electron chi connectivity index (χ4n) is 1.79. The average molecular weight is 261 g/mol. The number of aliphatic hydroxyl groups excluding tert-OH is 1. The number of ether oxygens (including phenoxy) is 1. The van der Waals surface area contributed by atoms with Crippen molar-refractivity contribution < 1.29 is 14.2 Å². The first-order valence-corrected chi connectivity index (χ1v) is 6.17. The molecule has 0 aliphatic rings. The Hall–Kier alpha value is -1.94. The molecule has 19 heavy (non-hydrogen) atoms. The van der Waals surface area contributed by atoms with Crippen molar-refractivity contribution in [2.75, 3.05) is 6.61 Å². The molecule has 1 N–H and O–H groups in total. The van der Waals surface area contributed by atoms with Gasteiger partial charge in [0.05, 0.1) is 12.7 Å². The van der Waals surface area contributed by atoms with Crippen LogP contribution in [0, 0.1) is 5.82 Å². The zero-order valence-corrected chi connectivity index (χ0v) is 10.7. The average Bonchev–Trinajstić information content (AvgIpc) is 2.39. The molecule has 1 aromatic carbocycles. The molecule has 0 spiro atoms. The highest BCUT2D eigenvalue weighted by Crippen LogP contribution is 2.26. The Bertz CT molecular complexity index is 529. The Kier molecular flexibility index (Phi) is 4.47. The van der Waals surface area contributed by atoms with Crippen molar-refractivity contribution >= 4 is 0 Å². The highest BCUT2D eigenvalue weighted by Gasteiger charge is 2.10. The van der Waals surface area contributed by atoms with Gasteiger partial charge in [-0.1, -0.05) is 6.07 Å². The number of rotatable bonds is 5. The minimum absolute atomic E-state index is 0.378. The fourth-order valence-corrected chi connectivity index (χ4v) is 1.79. The van der Waals surface area contributed by atoms with Crippen LogP contribution in [0.25, 0.3) is 0 Å². The van der Waals surface area contributed by atoms with Crippen molar-refractivity contribution in [2.24, 2.45) is 0 Å². The predicted octanol–water partition coefficient (Wildman–Crippen LogP) is 2.90. The zero-order valence-electron chi connectivity index (χ0n) is 10.7.